The third-order valence-corrected chi connectivity index (χ3v) is 13.1. The minimum Gasteiger partial charge on any atom is -0.354 e. The van der Waals surface area contributed by atoms with Crippen LogP contribution in [0.3, 0.4) is 0 Å². The van der Waals surface area contributed by atoms with Gasteiger partial charge in [-0.15, -0.1) is 11.3 Å². The highest BCUT2D eigenvalue weighted by atomic mass is 32.1. The largest absolute Gasteiger partial charge is 0.354 e. The summed E-state index contributed by atoms with van der Waals surface area (Å²) < 4.78 is 2.61. The molecule has 0 atom stereocenters. The van der Waals surface area contributed by atoms with Crippen LogP contribution in [0, 0.1) is 0 Å². The van der Waals surface area contributed by atoms with Gasteiger partial charge >= 0.3 is 0 Å². The van der Waals surface area contributed by atoms with E-state index in [2.05, 4.69) is 192 Å². The summed E-state index contributed by atoms with van der Waals surface area (Å²) in [7, 11) is 0. The zero-order chi connectivity index (χ0) is 36.3. The summed E-state index contributed by atoms with van der Waals surface area (Å²) in [6.07, 6.45) is 0. The Bertz CT molecular complexity index is 2700. The summed E-state index contributed by atoms with van der Waals surface area (Å²) in [6, 6.07) is 54.9. The maximum atomic E-state index is 4.04. The van der Waals surface area contributed by atoms with E-state index in [1.165, 1.54) is 86.9 Å². The molecule has 8 aromatic rings. The van der Waals surface area contributed by atoms with Crippen LogP contribution in [0.25, 0.3) is 53.6 Å². The second-order valence-corrected chi connectivity index (χ2v) is 18.0. The first-order chi connectivity index (χ1) is 25.5. The van der Waals surface area contributed by atoms with Gasteiger partial charge in [-0.2, -0.15) is 0 Å². The zero-order valence-electron chi connectivity index (χ0n) is 31.3. The minimum atomic E-state index is -0.426. The molecule has 0 saturated carbocycles. The number of anilines is 2. The van der Waals surface area contributed by atoms with Crippen LogP contribution in [0.1, 0.15) is 74.9 Å². The van der Waals surface area contributed by atoms with Gasteiger partial charge in [-0.3, -0.25) is 0 Å². The molecule has 7 aromatic carbocycles. The predicted octanol–water partition coefficient (Wildman–Crippen LogP) is 14.4. The van der Waals surface area contributed by atoms with Crippen LogP contribution in [-0.2, 0) is 16.2 Å². The predicted molar refractivity (Wildman–Crippen MR) is 228 cm³/mol. The number of benzene rings is 7. The molecule has 10 rings (SSSR count). The molecule has 1 nitrogen and oxygen atoms in total. The summed E-state index contributed by atoms with van der Waals surface area (Å²) >= 11 is 1.89. The van der Waals surface area contributed by atoms with E-state index in [1.807, 2.05) is 11.3 Å². The van der Waals surface area contributed by atoms with Crippen molar-refractivity contribution >= 4 is 42.9 Å². The standard InChI is InChI=1S/C51H43NS/c1-49(2,3)32-25-27-35-36-28-26-33(50(4,5)6)30-43(36)51(42(35)29-32)40-21-11-10-17-39(40)46-41(51)22-14-23-44(46)52-45-24-13-20-38-37-19-12-18-34(47(37)53-48(38)45)31-15-8-7-9-16-31/h7-30,52H,1-6H3. The first-order valence-corrected chi connectivity index (χ1v) is 19.7. The number of hydrogen-bond donors (Lipinski definition) is 1. The summed E-state index contributed by atoms with van der Waals surface area (Å²) in [5.74, 6) is 0. The van der Waals surface area contributed by atoms with Crippen LogP contribution < -0.4 is 5.32 Å². The van der Waals surface area contributed by atoms with Gasteiger partial charge < -0.3 is 5.32 Å². The van der Waals surface area contributed by atoms with Crippen molar-refractivity contribution in [1.29, 1.82) is 0 Å². The van der Waals surface area contributed by atoms with Gasteiger partial charge in [-0.25, -0.2) is 0 Å². The Balaban J connectivity index is 1.22. The second kappa shape index (κ2) is 11.3. The Hall–Kier alpha value is -5.44. The van der Waals surface area contributed by atoms with Crippen molar-refractivity contribution in [1.82, 2.24) is 0 Å². The summed E-state index contributed by atoms with van der Waals surface area (Å²) in [5, 5.41) is 6.64. The number of hydrogen-bond acceptors (Lipinski definition) is 2. The van der Waals surface area contributed by atoms with Gasteiger partial charge in [-0.1, -0.05) is 175 Å². The topological polar surface area (TPSA) is 12.0 Å². The molecule has 0 amide bonds. The highest BCUT2D eigenvalue weighted by Crippen LogP contribution is 2.64. The molecule has 258 valence electrons. The van der Waals surface area contributed by atoms with Crippen molar-refractivity contribution in [3.8, 4) is 33.4 Å². The molecule has 0 saturated heterocycles. The minimum absolute atomic E-state index is 0.0230. The smallest absolute Gasteiger partial charge is 0.0726 e. The second-order valence-electron chi connectivity index (χ2n) is 17.0. The normalized spacial score (nSPS) is 14.0. The molecule has 53 heavy (non-hydrogen) atoms. The van der Waals surface area contributed by atoms with Gasteiger partial charge in [0.25, 0.3) is 0 Å². The van der Waals surface area contributed by atoms with E-state index in [0.29, 0.717) is 0 Å². The van der Waals surface area contributed by atoms with Gasteiger partial charge in [0.15, 0.2) is 0 Å². The Kier molecular flexibility index (Phi) is 6.86. The van der Waals surface area contributed by atoms with E-state index < -0.39 is 5.41 Å². The molecule has 2 aliphatic rings. The fraction of sp³-hybridized carbons (Fsp3) is 0.176. The fourth-order valence-electron chi connectivity index (χ4n) is 9.18. The lowest BCUT2D eigenvalue weighted by molar-refractivity contribution is 0.586. The molecule has 0 radical (unpaired) electrons. The molecule has 0 unspecified atom stereocenters. The van der Waals surface area contributed by atoms with Crippen molar-refractivity contribution in [2.24, 2.45) is 0 Å². The quantitative estimate of drug-likeness (QED) is 0.193. The number of thiophene rings is 1. The molecule has 0 fully saturated rings. The number of rotatable bonds is 3. The van der Waals surface area contributed by atoms with Crippen LogP contribution in [-0.4, -0.2) is 0 Å². The lowest BCUT2D eigenvalue weighted by atomic mass is 9.69. The van der Waals surface area contributed by atoms with Crippen LogP contribution in [0.4, 0.5) is 11.4 Å². The molecular formula is C51H43NS. The molecule has 0 bridgehead atoms. The molecule has 2 aliphatic carbocycles. The van der Waals surface area contributed by atoms with Gasteiger partial charge in [0.1, 0.15) is 0 Å². The van der Waals surface area contributed by atoms with Crippen LogP contribution in [0.2, 0.25) is 0 Å². The summed E-state index contributed by atoms with van der Waals surface area (Å²) in [4.78, 5) is 0. The molecule has 1 heterocycles. The van der Waals surface area contributed by atoms with E-state index in [1.54, 1.807) is 0 Å². The molecule has 1 N–H and O–H groups in total. The van der Waals surface area contributed by atoms with Crippen molar-refractivity contribution < 1.29 is 0 Å². The van der Waals surface area contributed by atoms with Crippen LogP contribution >= 0.6 is 11.3 Å². The van der Waals surface area contributed by atoms with Gasteiger partial charge in [0, 0.05) is 26.7 Å². The number of fused-ring (bicyclic) bond motifs is 13. The molecule has 1 aromatic heterocycles. The molecule has 1 spiro atoms. The Morgan fingerprint density at radius 1 is 0.434 bits per heavy atom. The average Bonchev–Trinajstić information content (AvgIpc) is 3.79. The third-order valence-electron chi connectivity index (χ3n) is 11.8. The van der Waals surface area contributed by atoms with Gasteiger partial charge in [0.2, 0.25) is 0 Å². The average molecular weight is 702 g/mol. The Morgan fingerprint density at radius 2 is 0.981 bits per heavy atom. The van der Waals surface area contributed by atoms with Crippen molar-refractivity contribution in [2.45, 2.75) is 57.8 Å². The lowest BCUT2D eigenvalue weighted by Gasteiger charge is -2.33. The maximum absolute atomic E-state index is 4.04. The van der Waals surface area contributed by atoms with Crippen molar-refractivity contribution in [3.05, 3.63) is 179 Å². The van der Waals surface area contributed by atoms with Crippen LogP contribution in [0.5, 0.6) is 0 Å². The summed E-state index contributed by atoms with van der Waals surface area (Å²) in [6.45, 7) is 14.0. The Labute approximate surface area is 317 Å². The highest BCUT2D eigenvalue weighted by Gasteiger charge is 2.52. The van der Waals surface area contributed by atoms with Gasteiger partial charge in [0.05, 0.1) is 15.8 Å². The van der Waals surface area contributed by atoms with E-state index >= 15 is 0 Å². The van der Waals surface area contributed by atoms with E-state index in [9.17, 15) is 0 Å². The van der Waals surface area contributed by atoms with E-state index in [4.69, 9.17) is 0 Å². The first-order valence-electron chi connectivity index (χ1n) is 18.9. The highest BCUT2D eigenvalue weighted by molar-refractivity contribution is 7.27. The summed E-state index contributed by atoms with van der Waals surface area (Å²) in [5.41, 5.74) is 18.0. The van der Waals surface area contributed by atoms with E-state index in [-0.39, 0.29) is 10.8 Å². The lowest BCUT2D eigenvalue weighted by Crippen LogP contribution is -2.27. The fourth-order valence-corrected chi connectivity index (χ4v) is 10.5. The van der Waals surface area contributed by atoms with Crippen LogP contribution in [0.15, 0.2) is 146 Å². The maximum Gasteiger partial charge on any atom is 0.0726 e. The van der Waals surface area contributed by atoms with Crippen molar-refractivity contribution in [2.75, 3.05) is 5.32 Å². The Morgan fingerprint density at radius 3 is 1.66 bits per heavy atom. The molecular weight excluding hydrogens is 659 g/mol. The van der Waals surface area contributed by atoms with Gasteiger partial charge in [-0.05, 0) is 84.2 Å². The third kappa shape index (κ3) is 4.61. The first kappa shape index (κ1) is 32.2. The zero-order valence-corrected chi connectivity index (χ0v) is 32.1. The van der Waals surface area contributed by atoms with E-state index in [0.717, 1.165) is 11.4 Å². The SMILES string of the molecule is CC(C)(C)c1ccc2c(c1)C1(c3cc(C(C)(C)C)ccc3-2)c2ccccc2-c2c(Nc3cccc4c3sc3c(-c5ccccc5)cccc34)cccc21. The molecule has 0 aliphatic heterocycles. The molecule has 2 heteroatoms. The van der Waals surface area contributed by atoms with Crippen molar-refractivity contribution in [3.63, 3.8) is 0 Å². The monoisotopic (exact) mass is 701 g/mol. The number of nitrogens with one attached hydrogen (secondary N) is 1.